The highest BCUT2D eigenvalue weighted by Crippen LogP contribution is 2.37. The number of aliphatic hydroxyl groups excluding tert-OH is 1. The van der Waals surface area contributed by atoms with Crippen LogP contribution in [0.25, 0.3) is 0 Å². The Balaban J connectivity index is 2.54. The fraction of sp³-hybridized carbons (Fsp3) is 1.00. The molecule has 1 aliphatic rings. The summed E-state index contributed by atoms with van der Waals surface area (Å²) in [6.45, 7) is 6.96. The molecule has 0 aromatic heterocycles. The van der Waals surface area contributed by atoms with Crippen molar-refractivity contribution in [3.63, 3.8) is 0 Å². The predicted octanol–water partition coefficient (Wildman–Crippen LogP) is 1.99. The van der Waals surface area contributed by atoms with Crippen molar-refractivity contribution in [2.24, 2.45) is 11.1 Å². The number of hydrogen-bond donors (Lipinski definition) is 2. The second-order valence-corrected chi connectivity index (χ2v) is 6.38. The highest BCUT2D eigenvalue weighted by Gasteiger charge is 2.32. The van der Waals surface area contributed by atoms with Crippen LogP contribution in [0.2, 0.25) is 0 Å². The lowest BCUT2D eigenvalue weighted by molar-refractivity contribution is 0.0528. The van der Waals surface area contributed by atoms with Gasteiger partial charge in [0.15, 0.2) is 0 Å². The first-order valence-corrected chi connectivity index (χ1v) is 6.99. The minimum Gasteiger partial charge on any atom is -0.395 e. The van der Waals surface area contributed by atoms with Gasteiger partial charge >= 0.3 is 0 Å². The molecule has 0 amide bonds. The summed E-state index contributed by atoms with van der Waals surface area (Å²) in [6.07, 6.45) is 5.95. The first kappa shape index (κ1) is 14.9. The third kappa shape index (κ3) is 3.94. The average Bonchev–Trinajstić information content (AvgIpc) is 2.29. The standard InChI is InChI=1S/C14H30N2O/c1-5-12(15)13(10-17)16(4)11-6-8-14(2,3)9-7-11/h11-13,17H,5-10,15H2,1-4H3. The Bertz CT molecular complexity index is 220. The molecule has 0 radical (unpaired) electrons. The van der Waals surface area contributed by atoms with Crippen molar-refractivity contribution in [3.8, 4) is 0 Å². The van der Waals surface area contributed by atoms with Crippen LogP contribution in [0.4, 0.5) is 0 Å². The molecule has 2 atom stereocenters. The van der Waals surface area contributed by atoms with E-state index in [1.165, 1.54) is 25.7 Å². The molecule has 0 aliphatic heterocycles. The molecule has 3 heteroatoms. The van der Waals surface area contributed by atoms with E-state index in [-0.39, 0.29) is 18.7 Å². The molecule has 0 saturated heterocycles. The van der Waals surface area contributed by atoms with Gasteiger partial charge in [-0.15, -0.1) is 0 Å². The van der Waals surface area contributed by atoms with Gasteiger partial charge in [-0.2, -0.15) is 0 Å². The Labute approximate surface area is 106 Å². The van der Waals surface area contributed by atoms with E-state index in [0.717, 1.165) is 6.42 Å². The predicted molar refractivity (Wildman–Crippen MR) is 72.9 cm³/mol. The number of nitrogens with zero attached hydrogens (tertiary/aromatic N) is 1. The van der Waals surface area contributed by atoms with Gasteiger partial charge in [-0.25, -0.2) is 0 Å². The smallest absolute Gasteiger partial charge is 0.0601 e. The number of nitrogens with two attached hydrogens (primary N) is 1. The molecule has 1 aliphatic carbocycles. The molecule has 0 aromatic rings. The van der Waals surface area contributed by atoms with Crippen molar-refractivity contribution in [3.05, 3.63) is 0 Å². The monoisotopic (exact) mass is 242 g/mol. The zero-order valence-corrected chi connectivity index (χ0v) is 11.9. The molecule has 2 unspecified atom stereocenters. The van der Waals surface area contributed by atoms with E-state index in [9.17, 15) is 5.11 Å². The lowest BCUT2D eigenvalue weighted by Gasteiger charge is -2.42. The van der Waals surface area contributed by atoms with Crippen LogP contribution in [0, 0.1) is 5.41 Å². The van der Waals surface area contributed by atoms with E-state index >= 15 is 0 Å². The minimum atomic E-state index is 0.0833. The molecular weight excluding hydrogens is 212 g/mol. The third-order valence-electron chi connectivity index (χ3n) is 4.56. The van der Waals surface area contributed by atoms with E-state index in [1.807, 2.05) is 0 Å². The zero-order chi connectivity index (χ0) is 13.1. The molecule has 3 nitrogen and oxygen atoms in total. The van der Waals surface area contributed by atoms with Gasteiger partial charge in [-0.1, -0.05) is 20.8 Å². The average molecular weight is 242 g/mol. The van der Waals surface area contributed by atoms with Crippen molar-refractivity contribution in [1.29, 1.82) is 0 Å². The lowest BCUT2D eigenvalue weighted by Crippen LogP contribution is -2.53. The summed E-state index contributed by atoms with van der Waals surface area (Å²) in [5.41, 5.74) is 6.59. The van der Waals surface area contributed by atoms with Crippen LogP contribution >= 0.6 is 0 Å². The van der Waals surface area contributed by atoms with Crippen molar-refractivity contribution in [2.45, 2.75) is 71.0 Å². The Morgan fingerprint density at radius 2 is 1.88 bits per heavy atom. The van der Waals surface area contributed by atoms with Crippen LogP contribution in [0.15, 0.2) is 0 Å². The molecule has 0 bridgehead atoms. The van der Waals surface area contributed by atoms with Crippen LogP contribution in [-0.4, -0.2) is 41.8 Å². The van der Waals surface area contributed by atoms with Crippen LogP contribution in [0.5, 0.6) is 0 Å². The molecule has 0 heterocycles. The zero-order valence-electron chi connectivity index (χ0n) is 11.9. The fourth-order valence-electron chi connectivity index (χ4n) is 2.90. The van der Waals surface area contributed by atoms with Crippen LogP contribution in [-0.2, 0) is 0 Å². The van der Waals surface area contributed by atoms with Crippen molar-refractivity contribution < 1.29 is 5.11 Å². The Morgan fingerprint density at radius 3 is 2.29 bits per heavy atom. The van der Waals surface area contributed by atoms with E-state index in [2.05, 4.69) is 32.7 Å². The van der Waals surface area contributed by atoms with Crippen LogP contribution < -0.4 is 5.73 Å². The number of hydrogen-bond acceptors (Lipinski definition) is 3. The summed E-state index contributed by atoms with van der Waals surface area (Å²) in [4.78, 5) is 2.32. The molecule has 0 aromatic carbocycles. The summed E-state index contributed by atoms with van der Waals surface area (Å²) in [7, 11) is 2.12. The van der Waals surface area contributed by atoms with Crippen molar-refractivity contribution in [1.82, 2.24) is 4.90 Å². The second-order valence-electron chi connectivity index (χ2n) is 6.38. The maximum Gasteiger partial charge on any atom is 0.0601 e. The Morgan fingerprint density at radius 1 is 1.35 bits per heavy atom. The van der Waals surface area contributed by atoms with Gasteiger partial charge in [0.1, 0.15) is 0 Å². The van der Waals surface area contributed by atoms with Gasteiger partial charge in [-0.3, -0.25) is 4.90 Å². The maximum atomic E-state index is 9.51. The number of aliphatic hydroxyl groups is 1. The number of likely N-dealkylation sites (N-methyl/N-ethyl adjacent to an activating group) is 1. The normalized spacial score (nSPS) is 24.9. The molecule has 1 saturated carbocycles. The molecule has 17 heavy (non-hydrogen) atoms. The van der Waals surface area contributed by atoms with Gasteiger partial charge in [0.25, 0.3) is 0 Å². The largest absolute Gasteiger partial charge is 0.395 e. The first-order chi connectivity index (χ1) is 7.91. The summed E-state index contributed by atoms with van der Waals surface area (Å²) in [5, 5.41) is 9.51. The van der Waals surface area contributed by atoms with Crippen molar-refractivity contribution in [2.75, 3.05) is 13.7 Å². The molecule has 1 fully saturated rings. The Kier molecular flexibility index (Phi) is 5.42. The van der Waals surface area contributed by atoms with Gasteiger partial charge in [-0.05, 0) is 44.6 Å². The SMILES string of the molecule is CCC(N)C(CO)N(C)C1CCC(C)(C)CC1. The number of rotatable bonds is 5. The Hall–Kier alpha value is -0.120. The summed E-state index contributed by atoms with van der Waals surface area (Å²) < 4.78 is 0. The lowest BCUT2D eigenvalue weighted by atomic mass is 9.75. The minimum absolute atomic E-state index is 0.0833. The molecule has 102 valence electrons. The second kappa shape index (κ2) is 6.17. The summed E-state index contributed by atoms with van der Waals surface area (Å²) in [6, 6.07) is 0.795. The van der Waals surface area contributed by atoms with Crippen LogP contribution in [0.1, 0.15) is 52.9 Å². The highest BCUT2D eigenvalue weighted by atomic mass is 16.3. The molecule has 3 N–H and O–H groups in total. The van der Waals surface area contributed by atoms with Crippen LogP contribution in [0.3, 0.4) is 0 Å². The van der Waals surface area contributed by atoms with E-state index in [0.29, 0.717) is 11.5 Å². The molecular formula is C14H30N2O. The topological polar surface area (TPSA) is 49.5 Å². The first-order valence-electron chi connectivity index (χ1n) is 6.99. The van der Waals surface area contributed by atoms with Gasteiger partial charge in [0, 0.05) is 18.1 Å². The van der Waals surface area contributed by atoms with E-state index in [1.54, 1.807) is 0 Å². The van der Waals surface area contributed by atoms with Crippen molar-refractivity contribution >= 4 is 0 Å². The quantitative estimate of drug-likeness (QED) is 0.775. The summed E-state index contributed by atoms with van der Waals surface area (Å²) in [5.74, 6) is 0. The van der Waals surface area contributed by atoms with E-state index < -0.39 is 0 Å². The fourth-order valence-corrected chi connectivity index (χ4v) is 2.90. The molecule has 1 rings (SSSR count). The summed E-state index contributed by atoms with van der Waals surface area (Å²) >= 11 is 0. The highest BCUT2D eigenvalue weighted by molar-refractivity contribution is 4.88. The maximum absolute atomic E-state index is 9.51. The third-order valence-corrected chi connectivity index (χ3v) is 4.56. The van der Waals surface area contributed by atoms with Gasteiger partial charge in [0.05, 0.1) is 6.61 Å². The van der Waals surface area contributed by atoms with E-state index in [4.69, 9.17) is 5.73 Å². The van der Waals surface area contributed by atoms with Gasteiger partial charge < -0.3 is 10.8 Å². The van der Waals surface area contributed by atoms with Gasteiger partial charge in [0.2, 0.25) is 0 Å². The molecule has 0 spiro atoms.